The van der Waals surface area contributed by atoms with Gasteiger partial charge in [0.2, 0.25) is 0 Å². The van der Waals surface area contributed by atoms with Crippen molar-refractivity contribution in [2.75, 3.05) is 26.2 Å². The van der Waals surface area contributed by atoms with Crippen LogP contribution < -0.4 is 0 Å². The molecule has 16 heavy (non-hydrogen) atoms. The smallest absolute Gasteiger partial charge is 0.0136 e. The van der Waals surface area contributed by atoms with Crippen LogP contribution in [0.4, 0.5) is 0 Å². The topological polar surface area (TPSA) is 6.48 Å². The summed E-state index contributed by atoms with van der Waals surface area (Å²) in [6, 6.07) is 1.69. The fraction of sp³-hybridized carbons (Fsp3) is 1.00. The minimum atomic E-state index is 0.750. The van der Waals surface area contributed by atoms with E-state index in [1.54, 1.807) is 0 Å². The zero-order valence-electron chi connectivity index (χ0n) is 10.9. The highest BCUT2D eigenvalue weighted by Crippen LogP contribution is 2.37. The van der Waals surface area contributed by atoms with E-state index in [0.29, 0.717) is 0 Å². The lowest BCUT2D eigenvalue weighted by atomic mass is 9.76. The lowest BCUT2D eigenvalue weighted by Gasteiger charge is -2.53. The minimum Gasteiger partial charge on any atom is -0.300 e. The Labute approximate surface area is 100.0 Å². The first-order valence-corrected chi connectivity index (χ1v) is 7.22. The van der Waals surface area contributed by atoms with Gasteiger partial charge in [-0.15, -0.1) is 0 Å². The Morgan fingerprint density at radius 1 is 1.06 bits per heavy atom. The molecule has 3 aliphatic rings. The van der Waals surface area contributed by atoms with Crippen LogP contribution >= 0.6 is 0 Å². The van der Waals surface area contributed by atoms with Crippen LogP contribution in [0.5, 0.6) is 0 Å². The molecule has 0 aromatic carbocycles. The predicted molar refractivity (Wildman–Crippen MR) is 67.5 cm³/mol. The summed E-state index contributed by atoms with van der Waals surface area (Å²) in [5.41, 5.74) is 0. The summed E-state index contributed by atoms with van der Waals surface area (Å²) in [5.74, 6) is 1.95. The first-order chi connectivity index (χ1) is 7.74. The third-order valence-electron chi connectivity index (χ3n) is 5.03. The zero-order chi connectivity index (χ0) is 11.1. The molecule has 3 aliphatic heterocycles. The summed E-state index contributed by atoms with van der Waals surface area (Å²) < 4.78 is 0. The first-order valence-electron chi connectivity index (χ1n) is 7.22. The van der Waals surface area contributed by atoms with Gasteiger partial charge >= 0.3 is 0 Å². The molecule has 3 saturated heterocycles. The molecule has 0 aromatic rings. The average molecular weight is 222 g/mol. The molecule has 0 radical (unpaired) electrons. The van der Waals surface area contributed by atoms with Gasteiger partial charge in [0.05, 0.1) is 0 Å². The van der Waals surface area contributed by atoms with Crippen LogP contribution in [0.3, 0.4) is 0 Å². The van der Waals surface area contributed by atoms with E-state index in [1.165, 1.54) is 51.9 Å². The number of likely N-dealkylation sites (tertiary alicyclic amines) is 1. The van der Waals surface area contributed by atoms with Gasteiger partial charge in [0.1, 0.15) is 0 Å². The molecule has 0 aromatic heterocycles. The SMILES string of the molecule is CC(C)N1CC2CC(C1)C1CCCCN1C2. The van der Waals surface area contributed by atoms with E-state index < -0.39 is 0 Å². The van der Waals surface area contributed by atoms with Crippen molar-refractivity contribution in [3.8, 4) is 0 Å². The Bertz CT molecular complexity index is 251. The van der Waals surface area contributed by atoms with Crippen molar-refractivity contribution in [3.63, 3.8) is 0 Å². The van der Waals surface area contributed by atoms with E-state index >= 15 is 0 Å². The first kappa shape index (κ1) is 11.0. The molecule has 92 valence electrons. The van der Waals surface area contributed by atoms with Crippen molar-refractivity contribution >= 4 is 0 Å². The Morgan fingerprint density at radius 3 is 2.75 bits per heavy atom. The van der Waals surface area contributed by atoms with Crippen molar-refractivity contribution in [2.45, 2.75) is 51.6 Å². The number of hydrogen-bond acceptors (Lipinski definition) is 2. The molecule has 0 saturated carbocycles. The summed E-state index contributed by atoms with van der Waals surface area (Å²) in [7, 11) is 0. The summed E-state index contributed by atoms with van der Waals surface area (Å²) in [6.45, 7) is 10.2. The standard InChI is InChI=1S/C14H26N2/c1-11(2)16-9-12-7-13(10-16)14-5-3-4-6-15(14)8-12/h11-14H,3-10H2,1-2H3. The van der Waals surface area contributed by atoms with Crippen molar-refractivity contribution < 1.29 is 0 Å². The molecule has 0 N–H and O–H groups in total. The van der Waals surface area contributed by atoms with Crippen molar-refractivity contribution in [1.29, 1.82) is 0 Å². The number of nitrogens with zero attached hydrogens (tertiary/aromatic N) is 2. The van der Waals surface area contributed by atoms with Gasteiger partial charge in [0.25, 0.3) is 0 Å². The van der Waals surface area contributed by atoms with Gasteiger partial charge in [0.15, 0.2) is 0 Å². The second kappa shape index (κ2) is 4.30. The molecular weight excluding hydrogens is 196 g/mol. The Morgan fingerprint density at radius 2 is 1.94 bits per heavy atom. The molecule has 2 nitrogen and oxygen atoms in total. The summed E-state index contributed by atoms with van der Waals surface area (Å²) in [4.78, 5) is 5.55. The quantitative estimate of drug-likeness (QED) is 0.671. The van der Waals surface area contributed by atoms with Crippen LogP contribution in [0.15, 0.2) is 0 Å². The van der Waals surface area contributed by atoms with Gasteiger partial charge in [-0.25, -0.2) is 0 Å². The molecule has 0 aliphatic carbocycles. The molecule has 3 atom stereocenters. The van der Waals surface area contributed by atoms with Crippen LogP contribution in [-0.2, 0) is 0 Å². The van der Waals surface area contributed by atoms with Gasteiger partial charge in [-0.3, -0.25) is 4.90 Å². The van der Waals surface area contributed by atoms with Crippen molar-refractivity contribution in [3.05, 3.63) is 0 Å². The fourth-order valence-electron chi connectivity index (χ4n) is 4.23. The van der Waals surface area contributed by atoms with Crippen LogP contribution in [0.25, 0.3) is 0 Å². The van der Waals surface area contributed by atoms with Gasteiger partial charge in [-0.05, 0) is 51.5 Å². The Hall–Kier alpha value is -0.0800. The van der Waals surface area contributed by atoms with Crippen LogP contribution in [0.1, 0.15) is 39.5 Å². The van der Waals surface area contributed by atoms with Crippen LogP contribution in [0.2, 0.25) is 0 Å². The second-order valence-electron chi connectivity index (χ2n) is 6.47. The lowest BCUT2D eigenvalue weighted by Crippen LogP contribution is -2.59. The summed E-state index contributed by atoms with van der Waals surface area (Å²) in [5, 5.41) is 0. The third kappa shape index (κ3) is 1.91. The molecule has 0 amide bonds. The minimum absolute atomic E-state index is 0.750. The van der Waals surface area contributed by atoms with Crippen molar-refractivity contribution in [2.24, 2.45) is 11.8 Å². The van der Waals surface area contributed by atoms with Gasteiger partial charge in [-0.2, -0.15) is 0 Å². The van der Waals surface area contributed by atoms with Gasteiger partial charge < -0.3 is 4.90 Å². The molecule has 2 bridgehead atoms. The monoisotopic (exact) mass is 222 g/mol. The van der Waals surface area contributed by atoms with E-state index in [0.717, 1.165) is 23.9 Å². The third-order valence-corrected chi connectivity index (χ3v) is 5.03. The van der Waals surface area contributed by atoms with E-state index in [1.807, 2.05) is 0 Å². The van der Waals surface area contributed by atoms with E-state index in [9.17, 15) is 0 Å². The van der Waals surface area contributed by atoms with Crippen LogP contribution in [0, 0.1) is 11.8 Å². The lowest BCUT2D eigenvalue weighted by molar-refractivity contribution is -0.0383. The molecule has 0 spiro atoms. The van der Waals surface area contributed by atoms with Gasteiger partial charge in [0, 0.05) is 31.7 Å². The fourth-order valence-corrected chi connectivity index (χ4v) is 4.23. The Kier molecular flexibility index (Phi) is 2.97. The largest absolute Gasteiger partial charge is 0.300 e. The maximum absolute atomic E-state index is 2.82. The molecule has 2 heteroatoms. The average Bonchev–Trinajstić information content (AvgIpc) is 2.28. The van der Waals surface area contributed by atoms with E-state index in [4.69, 9.17) is 0 Å². The predicted octanol–water partition coefficient (Wildman–Crippen LogP) is 2.20. The zero-order valence-corrected chi connectivity index (χ0v) is 10.9. The molecular formula is C14H26N2. The molecule has 3 unspecified atom stereocenters. The molecule has 3 rings (SSSR count). The Balaban J connectivity index is 1.72. The van der Waals surface area contributed by atoms with Crippen molar-refractivity contribution in [1.82, 2.24) is 9.80 Å². The van der Waals surface area contributed by atoms with Gasteiger partial charge in [-0.1, -0.05) is 6.42 Å². The van der Waals surface area contributed by atoms with Crippen LogP contribution in [-0.4, -0.2) is 48.1 Å². The maximum atomic E-state index is 2.82. The molecule has 3 heterocycles. The van der Waals surface area contributed by atoms with E-state index in [-0.39, 0.29) is 0 Å². The summed E-state index contributed by atoms with van der Waals surface area (Å²) >= 11 is 0. The summed E-state index contributed by atoms with van der Waals surface area (Å²) in [6.07, 6.45) is 5.92. The number of rotatable bonds is 1. The highest BCUT2D eigenvalue weighted by atomic mass is 15.2. The molecule has 3 fully saturated rings. The highest BCUT2D eigenvalue weighted by Gasteiger charge is 2.41. The normalized spacial score (nSPS) is 41.1. The number of piperidine rings is 3. The highest BCUT2D eigenvalue weighted by molar-refractivity contribution is 4.96. The number of hydrogen-bond donors (Lipinski definition) is 0. The second-order valence-corrected chi connectivity index (χ2v) is 6.47. The number of fused-ring (bicyclic) bond motifs is 4. The van der Waals surface area contributed by atoms with E-state index in [2.05, 4.69) is 23.6 Å². The maximum Gasteiger partial charge on any atom is 0.0136 e.